The van der Waals surface area contributed by atoms with Crippen molar-refractivity contribution in [3.8, 4) is 17.2 Å². The van der Waals surface area contributed by atoms with Crippen molar-refractivity contribution in [2.75, 3.05) is 19.5 Å². The number of hydrogen-bond donors (Lipinski definition) is 1. The van der Waals surface area contributed by atoms with E-state index >= 15 is 0 Å². The molecule has 3 aromatic rings. The van der Waals surface area contributed by atoms with E-state index in [0.29, 0.717) is 12.6 Å². The van der Waals surface area contributed by atoms with Crippen LogP contribution in [0.25, 0.3) is 16.7 Å². The van der Waals surface area contributed by atoms with Crippen molar-refractivity contribution in [3.63, 3.8) is 0 Å². The lowest BCUT2D eigenvalue weighted by molar-refractivity contribution is 0.340. The molecule has 0 bridgehead atoms. The average Bonchev–Trinajstić information content (AvgIpc) is 2.82. The normalized spacial score (nSPS) is 10.8. The van der Waals surface area contributed by atoms with Gasteiger partial charge in [0.1, 0.15) is 11.5 Å². The second-order valence-corrected chi connectivity index (χ2v) is 4.59. The summed E-state index contributed by atoms with van der Waals surface area (Å²) < 4.78 is 12.7. The van der Waals surface area contributed by atoms with Gasteiger partial charge in [0.2, 0.25) is 5.95 Å². The van der Waals surface area contributed by atoms with E-state index in [2.05, 4.69) is 4.98 Å². The van der Waals surface area contributed by atoms with Crippen molar-refractivity contribution in [3.05, 3.63) is 42.5 Å². The van der Waals surface area contributed by atoms with Crippen LogP contribution in [-0.4, -0.2) is 23.3 Å². The third-order valence-electron chi connectivity index (χ3n) is 3.27. The molecule has 0 fully saturated rings. The maximum absolute atomic E-state index is 6.07. The molecule has 0 saturated heterocycles. The molecule has 5 heteroatoms. The molecule has 3 rings (SSSR count). The van der Waals surface area contributed by atoms with Crippen LogP contribution in [0.1, 0.15) is 6.92 Å². The topological polar surface area (TPSA) is 62.3 Å². The second kappa shape index (κ2) is 5.36. The van der Waals surface area contributed by atoms with Gasteiger partial charge in [-0.15, -0.1) is 0 Å². The predicted molar refractivity (Wildman–Crippen MR) is 83.2 cm³/mol. The van der Waals surface area contributed by atoms with Crippen molar-refractivity contribution in [2.24, 2.45) is 0 Å². The van der Waals surface area contributed by atoms with E-state index < -0.39 is 0 Å². The number of ether oxygens (including phenoxy) is 2. The summed E-state index contributed by atoms with van der Waals surface area (Å²) in [6, 6.07) is 13.5. The Morgan fingerprint density at radius 1 is 1.14 bits per heavy atom. The maximum Gasteiger partial charge on any atom is 0.205 e. The van der Waals surface area contributed by atoms with E-state index in [9.17, 15) is 0 Å². The average molecular weight is 283 g/mol. The second-order valence-electron chi connectivity index (χ2n) is 4.59. The highest BCUT2D eigenvalue weighted by atomic mass is 16.5. The summed E-state index contributed by atoms with van der Waals surface area (Å²) in [7, 11) is 1.64. The number of fused-ring (bicyclic) bond motifs is 1. The Labute approximate surface area is 122 Å². The Bertz CT molecular complexity index is 780. The fourth-order valence-corrected chi connectivity index (χ4v) is 2.35. The molecule has 0 aliphatic carbocycles. The number of aromatic nitrogens is 2. The van der Waals surface area contributed by atoms with Crippen LogP contribution in [0.4, 0.5) is 5.95 Å². The zero-order valence-corrected chi connectivity index (χ0v) is 12.0. The minimum Gasteiger partial charge on any atom is -0.497 e. The van der Waals surface area contributed by atoms with E-state index in [4.69, 9.17) is 15.2 Å². The Hall–Kier alpha value is -2.69. The number of methoxy groups -OCH3 is 1. The molecule has 0 radical (unpaired) electrons. The van der Waals surface area contributed by atoms with E-state index in [1.165, 1.54) is 0 Å². The number of nitrogen functional groups attached to an aromatic ring is 1. The molecule has 0 saturated carbocycles. The molecule has 0 aliphatic rings. The summed E-state index contributed by atoms with van der Waals surface area (Å²) in [4.78, 5) is 4.38. The quantitative estimate of drug-likeness (QED) is 0.799. The lowest BCUT2D eigenvalue weighted by Crippen LogP contribution is -2.01. The van der Waals surface area contributed by atoms with Gasteiger partial charge in [-0.25, -0.2) is 4.98 Å². The van der Waals surface area contributed by atoms with Crippen molar-refractivity contribution < 1.29 is 9.47 Å². The third kappa shape index (κ3) is 2.38. The van der Waals surface area contributed by atoms with Crippen LogP contribution in [0, 0.1) is 0 Å². The fraction of sp³-hybridized carbons (Fsp3) is 0.188. The number of nitrogens with zero attached hydrogens (tertiary/aromatic N) is 2. The first-order valence-corrected chi connectivity index (χ1v) is 6.78. The molecule has 1 aromatic heterocycles. The van der Waals surface area contributed by atoms with Gasteiger partial charge in [0, 0.05) is 12.1 Å². The Morgan fingerprint density at radius 2 is 2.00 bits per heavy atom. The van der Waals surface area contributed by atoms with Gasteiger partial charge >= 0.3 is 0 Å². The highest BCUT2D eigenvalue weighted by Gasteiger charge is 2.11. The zero-order chi connectivity index (χ0) is 14.8. The fourth-order valence-electron chi connectivity index (χ4n) is 2.35. The number of nitrogens with two attached hydrogens (primary N) is 1. The van der Waals surface area contributed by atoms with Crippen LogP contribution >= 0.6 is 0 Å². The van der Waals surface area contributed by atoms with Gasteiger partial charge in [0.25, 0.3) is 0 Å². The molecule has 0 unspecified atom stereocenters. The third-order valence-corrected chi connectivity index (χ3v) is 3.27. The van der Waals surface area contributed by atoms with Crippen molar-refractivity contribution in [1.82, 2.24) is 9.55 Å². The predicted octanol–water partition coefficient (Wildman–Crippen LogP) is 3.02. The summed E-state index contributed by atoms with van der Waals surface area (Å²) in [5, 5.41) is 0. The van der Waals surface area contributed by atoms with E-state index in [-0.39, 0.29) is 0 Å². The number of anilines is 1. The Kier molecular flexibility index (Phi) is 3.39. The SMILES string of the molecule is CCOc1cccc(-n2c(N)nc3ccc(OC)cc32)c1. The standard InChI is InChI=1S/C16H17N3O2/c1-3-21-13-6-4-5-11(9-13)19-15-10-12(20-2)7-8-14(15)18-16(19)17/h4-10H,3H2,1-2H3,(H2,17,18). The molecule has 0 spiro atoms. The van der Waals surface area contributed by atoms with Crippen LogP contribution in [0.3, 0.4) is 0 Å². The van der Waals surface area contributed by atoms with Crippen LogP contribution in [0.15, 0.2) is 42.5 Å². The van der Waals surface area contributed by atoms with Gasteiger partial charge in [0.05, 0.1) is 30.4 Å². The highest BCUT2D eigenvalue weighted by Crippen LogP contribution is 2.28. The number of benzene rings is 2. The largest absolute Gasteiger partial charge is 0.497 e. The number of imidazole rings is 1. The molecule has 0 aliphatic heterocycles. The lowest BCUT2D eigenvalue weighted by atomic mass is 10.2. The smallest absolute Gasteiger partial charge is 0.205 e. The van der Waals surface area contributed by atoms with E-state index in [1.807, 2.05) is 54.0 Å². The lowest BCUT2D eigenvalue weighted by Gasteiger charge is -2.09. The van der Waals surface area contributed by atoms with Crippen LogP contribution < -0.4 is 15.2 Å². The van der Waals surface area contributed by atoms with Crippen molar-refractivity contribution in [1.29, 1.82) is 0 Å². The zero-order valence-electron chi connectivity index (χ0n) is 12.0. The first-order valence-electron chi connectivity index (χ1n) is 6.78. The Morgan fingerprint density at radius 3 is 2.76 bits per heavy atom. The molecule has 0 amide bonds. The first-order chi connectivity index (χ1) is 10.2. The molecule has 5 nitrogen and oxygen atoms in total. The van der Waals surface area contributed by atoms with Gasteiger partial charge < -0.3 is 15.2 Å². The molecule has 2 N–H and O–H groups in total. The minimum absolute atomic E-state index is 0.437. The van der Waals surface area contributed by atoms with Gasteiger partial charge in [0.15, 0.2) is 0 Å². The minimum atomic E-state index is 0.437. The summed E-state index contributed by atoms with van der Waals surface area (Å²) in [5.74, 6) is 2.01. The maximum atomic E-state index is 6.07. The molecule has 1 heterocycles. The first kappa shape index (κ1) is 13.3. The van der Waals surface area contributed by atoms with E-state index in [0.717, 1.165) is 28.2 Å². The molecule has 2 aromatic carbocycles. The summed E-state index contributed by atoms with van der Waals surface area (Å²) in [5.41, 5.74) is 8.71. The van der Waals surface area contributed by atoms with Gasteiger partial charge in [-0.1, -0.05) is 6.07 Å². The van der Waals surface area contributed by atoms with Crippen molar-refractivity contribution >= 4 is 17.0 Å². The van der Waals surface area contributed by atoms with Gasteiger partial charge in [-0.3, -0.25) is 4.57 Å². The number of hydrogen-bond acceptors (Lipinski definition) is 4. The number of rotatable bonds is 4. The molecule has 0 atom stereocenters. The van der Waals surface area contributed by atoms with Crippen molar-refractivity contribution in [2.45, 2.75) is 6.92 Å². The van der Waals surface area contributed by atoms with Crippen LogP contribution in [0.5, 0.6) is 11.5 Å². The summed E-state index contributed by atoms with van der Waals surface area (Å²) >= 11 is 0. The molecule has 21 heavy (non-hydrogen) atoms. The van der Waals surface area contributed by atoms with Crippen LogP contribution in [-0.2, 0) is 0 Å². The Balaban J connectivity index is 2.18. The molecular weight excluding hydrogens is 266 g/mol. The van der Waals surface area contributed by atoms with E-state index in [1.54, 1.807) is 7.11 Å². The molecule has 108 valence electrons. The van der Waals surface area contributed by atoms with Gasteiger partial charge in [-0.2, -0.15) is 0 Å². The summed E-state index contributed by atoms with van der Waals surface area (Å²) in [6.45, 7) is 2.58. The van der Waals surface area contributed by atoms with Gasteiger partial charge in [-0.05, 0) is 31.2 Å². The summed E-state index contributed by atoms with van der Waals surface area (Å²) in [6.07, 6.45) is 0. The highest BCUT2D eigenvalue weighted by molar-refractivity contribution is 5.82. The molecular formula is C16H17N3O2. The monoisotopic (exact) mass is 283 g/mol. The van der Waals surface area contributed by atoms with Crippen LogP contribution in [0.2, 0.25) is 0 Å².